The molecule has 0 aromatic heterocycles. The molecule has 2 atom stereocenters. The first-order valence-electron chi connectivity index (χ1n) is 6.58. The van der Waals surface area contributed by atoms with Crippen molar-refractivity contribution in [2.24, 2.45) is 5.92 Å². The number of nitrogens with zero attached hydrogens (tertiary/aromatic N) is 1. The van der Waals surface area contributed by atoms with E-state index in [1.807, 2.05) is 18.2 Å². The maximum Gasteiger partial charge on any atom is 0.136 e. The van der Waals surface area contributed by atoms with Gasteiger partial charge in [0.2, 0.25) is 0 Å². The van der Waals surface area contributed by atoms with Gasteiger partial charge in [0.05, 0.1) is 12.7 Å². The second kappa shape index (κ2) is 5.88. The van der Waals surface area contributed by atoms with Crippen LogP contribution in [0, 0.1) is 17.2 Å². The topological polar surface area (TPSA) is 45.0 Å². The van der Waals surface area contributed by atoms with Crippen molar-refractivity contribution in [1.29, 1.82) is 5.26 Å². The van der Waals surface area contributed by atoms with E-state index in [-0.39, 0.29) is 0 Å². The van der Waals surface area contributed by atoms with Gasteiger partial charge in [-0.1, -0.05) is 19.4 Å². The van der Waals surface area contributed by atoms with Crippen LogP contribution < -0.4 is 10.1 Å². The van der Waals surface area contributed by atoms with Gasteiger partial charge in [0, 0.05) is 12.6 Å². The van der Waals surface area contributed by atoms with Gasteiger partial charge >= 0.3 is 0 Å². The molecule has 2 unspecified atom stereocenters. The molecular formula is C15H20N2O. The fourth-order valence-corrected chi connectivity index (χ4v) is 2.39. The number of ether oxygens (including phenoxy) is 1. The van der Waals surface area contributed by atoms with Crippen LogP contribution in [0.15, 0.2) is 18.2 Å². The van der Waals surface area contributed by atoms with E-state index in [4.69, 9.17) is 10.00 Å². The molecule has 0 bridgehead atoms. The van der Waals surface area contributed by atoms with Gasteiger partial charge in [-0.3, -0.25) is 0 Å². The summed E-state index contributed by atoms with van der Waals surface area (Å²) in [4.78, 5) is 0. The summed E-state index contributed by atoms with van der Waals surface area (Å²) < 4.78 is 5.14. The Kier molecular flexibility index (Phi) is 4.22. The Bertz CT molecular complexity index is 450. The van der Waals surface area contributed by atoms with E-state index in [9.17, 15) is 0 Å². The standard InChI is InChI=1S/C15H20N2O/c1-3-4-12-8-14(12)17-10-11-5-6-15(18-2)13(7-11)9-16/h5-7,12,14,17H,3-4,8,10H2,1-2H3. The summed E-state index contributed by atoms with van der Waals surface area (Å²) in [5.41, 5.74) is 1.76. The molecule has 0 aliphatic heterocycles. The molecule has 1 aliphatic rings. The van der Waals surface area contributed by atoms with E-state index in [0.29, 0.717) is 17.4 Å². The van der Waals surface area contributed by atoms with Crippen molar-refractivity contribution in [3.8, 4) is 11.8 Å². The fraction of sp³-hybridized carbons (Fsp3) is 0.533. The maximum atomic E-state index is 9.03. The quantitative estimate of drug-likeness (QED) is 0.837. The molecule has 18 heavy (non-hydrogen) atoms. The molecular weight excluding hydrogens is 224 g/mol. The Labute approximate surface area is 109 Å². The third kappa shape index (κ3) is 3.02. The van der Waals surface area contributed by atoms with Gasteiger partial charge < -0.3 is 10.1 Å². The molecule has 0 spiro atoms. The largest absolute Gasteiger partial charge is 0.495 e. The number of hydrogen-bond acceptors (Lipinski definition) is 3. The Morgan fingerprint density at radius 3 is 3.00 bits per heavy atom. The molecule has 1 aliphatic carbocycles. The first kappa shape index (κ1) is 12.9. The Hall–Kier alpha value is -1.53. The summed E-state index contributed by atoms with van der Waals surface area (Å²) in [6.07, 6.45) is 3.89. The van der Waals surface area contributed by atoms with Crippen molar-refractivity contribution in [1.82, 2.24) is 5.32 Å². The van der Waals surface area contributed by atoms with Crippen LogP contribution in [0.25, 0.3) is 0 Å². The second-order valence-electron chi connectivity index (χ2n) is 4.92. The monoisotopic (exact) mass is 244 g/mol. The summed E-state index contributed by atoms with van der Waals surface area (Å²) in [7, 11) is 1.59. The molecule has 3 nitrogen and oxygen atoms in total. The van der Waals surface area contributed by atoms with Gasteiger partial charge in [-0.2, -0.15) is 5.26 Å². The molecule has 1 aromatic rings. The molecule has 1 saturated carbocycles. The minimum Gasteiger partial charge on any atom is -0.495 e. The van der Waals surface area contributed by atoms with Crippen LogP contribution in [0.1, 0.15) is 37.3 Å². The number of rotatable bonds is 6. The number of benzene rings is 1. The number of nitrogens with one attached hydrogen (secondary N) is 1. The first-order valence-corrected chi connectivity index (χ1v) is 6.58. The van der Waals surface area contributed by atoms with Crippen molar-refractivity contribution in [3.63, 3.8) is 0 Å². The number of methoxy groups -OCH3 is 1. The Morgan fingerprint density at radius 1 is 1.50 bits per heavy atom. The average Bonchev–Trinajstić information content (AvgIpc) is 3.15. The summed E-state index contributed by atoms with van der Waals surface area (Å²) in [5.74, 6) is 1.51. The predicted octanol–water partition coefficient (Wildman–Crippen LogP) is 2.85. The summed E-state index contributed by atoms with van der Waals surface area (Å²) in [6.45, 7) is 3.07. The summed E-state index contributed by atoms with van der Waals surface area (Å²) in [5, 5.41) is 12.6. The van der Waals surface area contributed by atoms with Gasteiger partial charge in [0.1, 0.15) is 11.8 Å². The normalized spacial score (nSPS) is 21.4. The highest BCUT2D eigenvalue weighted by atomic mass is 16.5. The predicted molar refractivity (Wildman–Crippen MR) is 71.4 cm³/mol. The fourth-order valence-electron chi connectivity index (χ4n) is 2.39. The molecule has 0 saturated heterocycles. The van der Waals surface area contributed by atoms with Gasteiger partial charge in [-0.05, 0) is 36.5 Å². The zero-order valence-electron chi connectivity index (χ0n) is 11.1. The highest BCUT2D eigenvalue weighted by Crippen LogP contribution is 2.34. The molecule has 0 radical (unpaired) electrons. The highest BCUT2D eigenvalue weighted by molar-refractivity contribution is 5.45. The van der Waals surface area contributed by atoms with Crippen LogP contribution in [0.5, 0.6) is 5.75 Å². The van der Waals surface area contributed by atoms with E-state index in [1.165, 1.54) is 19.3 Å². The molecule has 0 heterocycles. The summed E-state index contributed by atoms with van der Waals surface area (Å²) in [6, 6.07) is 8.64. The van der Waals surface area contributed by atoms with Crippen molar-refractivity contribution in [2.75, 3.05) is 7.11 Å². The van der Waals surface area contributed by atoms with Gasteiger partial charge in [-0.25, -0.2) is 0 Å². The van der Waals surface area contributed by atoms with E-state index in [1.54, 1.807) is 7.11 Å². The van der Waals surface area contributed by atoms with Crippen LogP contribution in [0.4, 0.5) is 0 Å². The number of nitriles is 1. The molecule has 96 valence electrons. The van der Waals surface area contributed by atoms with E-state index < -0.39 is 0 Å². The van der Waals surface area contributed by atoms with E-state index in [0.717, 1.165) is 18.0 Å². The number of hydrogen-bond donors (Lipinski definition) is 1. The van der Waals surface area contributed by atoms with Crippen LogP contribution in [-0.2, 0) is 6.54 Å². The van der Waals surface area contributed by atoms with Crippen LogP contribution in [-0.4, -0.2) is 13.2 Å². The van der Waals surface area contributed by atoms with Crippen molar-refractivity contribution < 1.29 is 4.74 Å². The molecule has 1 aromatic carbocycles. The van der Waals surface area contributed by atoms with Crippen LogP contribution in [0.3, 0.4) is 0 Å². The lowest BCUT2D eigenvalue weighted by Gasteiger charge is -2.07. The van der Waals surface area contributed by atoms with E-state index in [2.05, 4.69) is 18.3 Å². The minimum atomic E-state index is 0.609. The van der Waals surface area contributed by atoms with Crippen molar-refractivity contribution in [2.45, 2.75) is 38.8 Å². The molecule has 1 fully saturated rings. The third-order valence-corrected chi connectivity index (χ3v) is 3.53. The lowest BCUT2D eigenvalue weighted by atomic mass is 10.1. The minimum absolute atomic E-state index is 0.609. The lowest BCUT2D eigenvalue weighted by Crippen LogP contribution is -2.17. The Balaban J connectivity index is 1.89. The summed E-state index contributed by atoms with van der Waals surface area (Å²) >= 11 is 0. The van der Waals surface area contributed by atoms with Gasteiger partial charge in [0.25, 0.3) is 0 Å². The average molecular weight is 244 g/mol. The van der Waals surface area contributed by atoms with Gasteiger partial charge in [-0.15, -0.1) is 0 Å². The molecule has 3 heteroatoms. The second-order valence-corrected chi connectivity index (χ2v) is 4.92. The lowest BCUT2D eigenvalue weighted by molar-refractivity contribution is 0.413. The molecule has 0 amide bonds. The van der Waals surface area contributed by atoms with Crippen molar-refractivity contribution in [3.05, 3.63) is 29.3 Å². The van der Waals surface area contributed by atoms with Crippen LogP contribution in [0.2, 0.25) is 0 Å². The van der Waals surface area contributed by atoms with Crippen molar-refractivity contribution >= 4 is 0 Å². The highest BCUT2D eigenvalue weighted by Gasteiger charge is 2.35. The first-order chi connectivity index (χ1) is 8.78. The zero-order chi connectivity index (χ0) is 13.0. The molecule has 1 N–H and O–H groups in total. The van der Waals surface area contributed by atoms with Crippen LogP contribution >= 0.6 is 0 Å². The van der Waals surface area contributed by atoms with E-state index >= 15 is 0 Å². The Morgan fingerprint density at radius 2 is 2.33 bits per heavy atom. The van der Waals surface area contributed by atoms with Gasteiger partial charge in [0.15, 0.2) is 0 Å². The smallest absolute Gasteiger partial charge is 0.136 e. The third-order valence-electron chi connectivity index (χ3n) is 3.53. The maximum absolute atomic E-state index is 9.03. The SMILES string of the molecule is CCCC1CC1NCc1ccc(OC)c(C#N)c1. The zero-order valence-corrected chi connectivity index (χ0v) is 11.1. The molecule has 2 rings (SSSR count).